The number of nitrogens with one attached hydrogen (secondary N) is 2. The van der Waals surface area contributed by atoms with Crippen molar-refractivity contribution in [3.05, 3.63) is 18.0 Å². The van der Waals surface area contributed by atoms with Crippen LogP contribution in [0, 0.1) is 6.92 Å². The highest BCUT2D eigenvalue weighted by Crippen LogP contribution is 2.19. The molecule has 7 heteroatoms. The predicted octanol–water partition coefficient (Wildman–Crippen LogP) is 1.95. The smallest absolute Gasteiger partial charge is 0.319 e. The van der Waals surface area contributed by atoms with Crippen LogP contribution in [0.25, 0.3) is 11.0 Å². The molecule has 0 saturated carbocycles. The van der Waals surface area contributed by atoms with E-state index >= 15 is 0 Å². The quantitative estimate of drug-likeness (QED) is 0.787. The van der Waals surface area contributed by atoms with E-state index in [0.717, 1.165) is 23.1 Å². The molecule has 0 aliphatic heterocycles. The van der Waals surface area contributed by atoms with Gasteiger partial charge in [0.1, 0.15) is 0 Å². The fourth-order valence-electron chi connectivity index (χ4n) is 2.55. The number of aryl methyl sites for hydroxylation is 2. The van der Waals surface area contributed by atoms with E-state index in [-0.39, 0.29) is 12.6 Å². The lowest BCUT2D eigenvalue weighted by atomic mass is 9.98. The second-order valence-corrected chi connectivity index (χ2v) is 5.85. The van der Waals surface area contributed by atoms with Gasteiger partial charge in [0.15, 0.2) is 5.65 Å². The molecule has 1 unspecified atom stereocenters. The summed E-state index contributed by atoms with van der Waals surface area (Å²) in [7, 11) is 1.83. The maximum absolute atomic E-state index is 12.1. The monoisotopic (exact) mass is 305 g/mol. The van der Waals surface area contributed by atoms with Gasteiger partial charge in [0.25, 0.3) is 0 Å². The standard InChI is InChI=1S/C15H23N5O2/c1-5-6-15(3,9-21)18-14(22)17-11-7-12-10(2)19-20(4)13(12)16-8-11/h7-8,21H,5-6,9H2,1-4H3,(H2,17,18,22). The first-order chi connectivity index (χ1) is 10.4. The summed E-state index contributed by atoms with van der Waals surface area (Å²) in [5, 5.41) is 20.2. The van der Waals surface area contributed by atoms with E-state index in [2.05, 4.69) is 20.7 Å². The van der Waals surface area contributed by atoms with Crippen LogP contribution in [0.4, 0.5) is 10.5 Å². The lowest BCUT2D eigenvalue weighted by molar-refractivity contribution is 0.167. The van der Waals surface area contributed by atoms with Crippen LogP contribution >= 0.6 is 0 Å². The van der Waals surface area contributed by atoms with Crippen LogP contribution in [0.3, 0.4) is 0 Å². The van der Waals surface area contributed by atoms with Crippen LogP contribution in [-0.2, 0) is 7.05 Å². The maximum Gasteiger partial charge on any atom is 0.319 e. The third-order valence-corrected chi connectivity index (χ3v) is 3.69. The first kappa shape index (κ1) is 16.2. The molecule has 0 aromatic carbocycles. The van der Waals surface area contributed by atoms with Crippen LogP contribution in [0.5, 0.6) is 0 Å². The summed E-state index contributed by atoms with van der Waals surface area (Å²) in [5.74, 6) is 0. The molecule has 2 amide bonds. The van der Waals surface area contributed by atoms with Crippen LogP contribution in [-0.4, -0.2) is 38.0 Å². The number of rotatable bonds is 5. The molecule has 0 saturated heterocycles. The van der Waals surface area contributed by atoms with E-state index in [4.69, 9.17) is 0 Å². The summed E-state index contributed by atoms with van der Waals surface area (Å²) in [6, 6.07) is 1.49. The molecule has 2 aromatic heterocycles. The number of aromatic nitrogens is 3. The largest absolute Gasteiger partial charge is 0.394 e. The van der Waals surface area contributed by atoms with Gasteiger partial charge in [-0.25, -0.2) is 9.78 Å². The average Bonchev–Trinajstić information content (AvgIpc) is 2.73. The summed E-state index contributed by atoms with van der Waals surface area (Å²) in [6.45, 7) is 5.63. The number of hydrogen-bond donors (Lipinski definition) is 3. The van der Waals surface area contributed by atoms with E-state index in [1.807, 2.05) is 33.9 Å². The summed E-state index contributed by atoms with van der Waals surface area (Å²) in [6.07, 6.45) is 3.18. The van der Waals surface area contributed by atoms with E-state index < -0.39 is 5.54 Å². The maximum atomic E-state index is 12.1. The minimum Gasteiger partial charge on any atom is -0.394 e. The summed E-state index contributed by atoms with van der Waals surface area (Å²) in [4.78, 5) is 16.4. The number of aliphatic hydroxyl groups excluding tert-OH is 1. The number of aliphatic hydroxyl groups is 1. The molecule has 0 aliphatic carbocycles. The normalized spacial score (nSPS) is 13.9. The summed E-state index contributed by atoms with van der Waals surface area (Å²) < 4.78 is 1.71. The van der Waals surface area contributed by atoms with Crippen LogP contribution < -0.4 is 10.6 Å². The number of pyridine rings is 1. The van der Waals surface area contributed by atoms with Gasteiger partial charge in [-0.15, -0.1) is 0 Å². The Labute approximate surface area is 129 Å². The first-order valence-corrected chi connectivity index (χ1v) is 7.38. The molecule has 2 heterocycles. The number of urea groups is 1. The lowest BCUT2D eigenvalue weighted by Gasteiger charge is -2.28. The zero-order valence-electron chi connectivity index (χ0n) is 13.5. The van der Waals surface area contributed by atoms with Gasteiger partial charge in [0.05, 0.1) is 29.7 Å². The Morgan fingerprint density at radius 1 is 1.50 bits per heavy atom. The van der Waals surface area contributed by atoms with Gasteiger partial charge < -0.3 is 15.7 Å². The van der Waals surface area contributed by atoms with Gasteiger partial charge in [-0.2, -0.15) is 5.10 Å². The minimum atomic E-state index is -0.624. The van der Waals surface area contributed by atoms with E-state index in [0.29, 0.717) is 12.1 Å². The van der Waals surface area contributed by atoms with Crippen molar-refractivity contribution in [1.29, 1.82) is 0 Å². The Balaban J connectivity index is 2.13. The number of anilines is 1. The van der Waals surface area contributed by atoms with Gasteiger partial charge in [-0.3, -0.25) is 4.68 Å². The number of fused-ring (bicyclic) bond motifs is 1. The molecule has 1 atom stereocenters. The average molecular weight is 305 g/mol. The number of carbonyl (C=O) groups excluding carboxylic acids is 1. The van der Waals surface area contributed by atoms with E-state index in [1.165, 1.54) is 0 Å². The molecule has 2 aromatic rings. The molecular weight excluding hydrogens is 282 g/mol. The fourth-order valence-corrected chi connectivity index (χ4v) is 2.55. The Morgan fingerprint density at radius 2 is 2.23 bits per heavy atom. The zero-order valence-corrected chi connectivity index (χ0v) is 13.5. The van der Waals surface area contributed by atoms with Crippen molar-refractivity contribution >= 4 is 22.8 Å². The molecule has 120 valence electrons. The van der Waals surface area contributed by atoms with Gasteiger partial charge in [0, 0.05) is 12.4 Å². The lowest BCUT2D eigenvalue weighted by Crippen LogP contribution is -2.50. The highest BCUT2D eigenvalue weighted by molar-refractivity contribution is 5.92. The number of hydrogen-bond acceptors (Lipinski definition) is 4. The van der Waals surface area contributed by atoms with Gasteiger partial charge in [-0.05, 0) is 26.3 Å². The van der Waals surface area contributed by atoms with Crippen molar-refractivity contribution in [2.75, 3.05) is 11.9 Å². The molecule has 0 fully saturated rings. The van der Waals surface area contributed by atoms with E-state index in [1.54, 1.807) is 10.9 Å². The summed E-state index contributed by atoms with van der Waals surface area (Å²) in [5.41, 5.74) is 1.60. The van der Waals surface area contributed by atoms with Gasteiger partial charge in [-0.1, -0.05) is 13.3 Å². The van der Waals surface area contributed by atoms with Gasteiger partial charge >= 0.3 is 6.03 Å². The second kappa shape index (κ2) is 6.31. The second-order valence-electron chi connectivity index (χ2n) is 5.85. The van der Waals surface area contributed by atoms with Crippen LogP contribution in [0.2, 0.25) is 0 Å². The molecule has 0 bridgehead atoms. The van der Waals surface area contributed by atoms with Crippen molar-refractivity contribution in [1.82, 2.24) is 20.1 Å². The van der Waals surface area contributed by atoms with Crippen molar-refractivity contribution in [2.45, 2.75) is 39.2 Å². The van der Waals surface area contributed by atoms with Crippen molar-refractivity contribution in [3.63, 3.8) is 0 Å². The topological polar surface area (TPSA) is 92.1 Å². The number of amides is 2. The summed E-state index contributed by atoms with van der Waals surface area (Å²) >= 11 is 0. The molecule has 2 rings (SSSR count). The molecule has 7 nitrogen and oxygen atoms in total. The van der Waals surface area contributed by atoms with Crippen molar-refractivity contribution in [2.24, 2.45) is 7.05 Å². The minimum absolute atomic E-state index is 0.104. The van der Waals surface area contributed by atoms with Crippen molar-refractivity contribution in [3.8, 4) is 0 Å². The Hall–Kier alpha value is -2.15. The third-order valence-electron chi connectivity index (χ3n) is 3.69. The SMILES string of the molecule is CCCC(C)(CO)NC(=O)Nc1cnc2c(c1)c(C)nn2C. The molecule has 22 heavy (non-hydrogen) atoms. The number of nitrogens with zero attached hydrogens (tertiary/aromatic N) is 3. The molecule has 0 aliphatic rings. The third kappa shape index (κ3) is 3.36. The Kier molecular flexibility index (Phi) is 4.65. The highest BCUT2D eigenvalue weighted by atomic mass is 16.3. The molecule has 0 radical (unpaired) electrons. The predicted molar refractivity (Wildman–Crippen MR) is 85.8 cm³/mol. The first-order valence-electron chi connectivity index (χ1n) is 7.38. The van der Waals surface area contributed by atoms with Gasteiger partial charge in [0.2, 0.25) is 0 Å². The molecule has 3 N–H and O–H groups in total. The van der Waals surface area contributed by atoms with Crippen LogP contribution in [0.1, 0.15) is 32.4 Å². The fraction of sp³-hybridized carbons (Fsp3) is 0.533. The Bertz CT molecular complexity index is 682. The van der Waals surface area contributed by atoms with E-state index in [9.17, 15) is 9.90 Å². The van der Waals surface area contributed by atoms with Crippen molar-refractivity contribution < 1.29 is 9.90 Å². The number of carbonyl (C=O) groups is 1. The molecular formula is C15H23N5O2. The zero-order chi connectivity index (χ0) is 16.3. The molecule has 0 spiro atoms. The van der Waals surface area contributed by atoms with Crippen LogP contribution in [0.15, 0.2) is 12.3 Å². The highest BCUT2D eigenvalue weighted by Gasteiger charge is 2.24. The Morgan fingerprint density at radius 3 is 2.86 bits per heavy atom.